The fourth-order valence-electron chi connectivity index (χ4n) is 2.66. The minimum absolute atomic E-state index is 0.0576. The maximum atomic E-state index is 12.6. The van der Waals surface area contributed by atoms with Crippen LogP contribution in [-0.4, -0.2) is 26.2 Å². The summed E-state index contributed by atoms with van der Waals surface area (Å²) < 4.78 is 1.52. The Kier molecular flexibility index (Phi) is 5.13. The van der Waals surface area contributed by atoms with E-state index in [-0.39, 0.29) is 11.6 Å². The van der Waals surface area contributed by atoms with Gasteiger partial charge in [-0.15, -0.1) is 0 Å². The van der Waals surface area contributed by atoms with Gasteiger partial charge in [-0.1, -0.05) is 13.3 Å². The third kappa shape index (κ3) is 3.77. The largest absolute Gasteiger partial charge is 0.364 e. The molecule has 1 aromatic carbocycles. The Balaban J connectivity index is 1.99. The molecule has 2 heterocycles. The van der Waals surface area contributed by atoms with Crippen molar-refractivity contribution in [3.63, 3.8) is 0 Å². The molecule has 0 fully saturated rings. The highest BCUT2D eigenvalue weighted by Gasteiger charge is 2.17. The van der Waals surface area contributed by atoms with Crippen LogP contribution in [0.15, 0.2) is 36.7 Å². The summed E-state index contributed by atoms with van der Waals surface area (Å²) in [4.78, 5) is 32.7. The highest BCUT2D eigenvalue weighted by atomic mass is 16.2. The first-order valence-corrected chi connectivity index (χ1v) is 8.51. The van der Waals surface area contributed by atoms with E-state index in [9.17, 15) is 9.59 Å². The summed E-state index contributed by atoms with van der Waals surface area (Å²) in [7, 11) is 0. The molecule has 0 bridgehead atoms. The van der Waals surface area contributed by atoms with Gasteiger partial charge in [-0.25, -0.2) is 9.97 Å². The Hall–Kier alpha value is -3.73. The molecule has 3 rings (SSSR count). The van der Waals surface area contributed by atoms with Crippen molar-refractivity contribution in [3.05, 3.63) is 59.2 Å². The molecule has 0 aliphatic rings. The number of nitrogens with zero attached hydrogens (tertiary/aromatic N) is 4. The lowest BCUT2D eigenvalue weighted by Crippen LogP contribution is -2.16. The zero-order valence-electron chi connectivity index (χ0n) is 14.8. The predicted molar refractivity (Wildman–Crippen MR) is 99.2 cm³/mol. The lowest BCUT2D eigenvalue weighted by Gasteiger charge is -2.10. The summed E-state index contributed by atoms with van der Waals surface area (Å²) in [6, 6.07) is 10.1. The summed E-state index contributed by atoms with van der Waals surface area (Å²) in [5.41, 5.74) is 7.36. The van der Waals surface area contributed by atoms with Crippen LogP contribution in [0.2, 0.25) is 0 Å². The number of unbranched alkanes of at least 4 members (excludes halogenated alkanes) is 1. The molecule has 2 aromatic heterocycles. The van der Waals surface area contributed by atoms with Gasteiger partial charge >= 0.3 is 0 Å². The molecular formula is C19H18N6O2. The third-order valence-electron chi connectivity index (χ3n) is 4.09. The number of fused-ring (bicyclic) bond motifs is 1. The van der Waals surface area contributed by atoms with Crippen molar-refractivity contribution in [2.24, 2.45) is 5.73 Å². The molecule has 27 heavy (non-hydrogen) atoms. The molecule has 0 spiro atoms. The van der Waals surface area contributed by atoms with E-state index in [2.05, 4.69) is 22.2 Å². The molecule has 3 N–H and O–H groups in total. The van der Waals surface area contributed by atoms with Crippen LogP contribution < -0.4 is 11.1 Å². The average Bonchev–Trinajstić information content (AvgIpc) is 3.11. The van der Waals surface area contributed by atoms with Gasteiger partial charge < -0.3 is 11.1 Å². The Bertz CT molecular complexity index is 1050. The summed E-state index contributed by atoms with van der Waals surface area (Å²) in [6.45, 7) is 2.07. The Morgan fingerprint density at radius 3 is 2.67 bits per heavy atom. The Morgan fingerprint density at radius 1 is 1.30 bits per heavy atom. The number of hydrogen-bond acceptors (Lipinski definition) is 5. The van der Waals surface area contributed by atoms with Crippen LogP contribution in [-0.2, 0) is 6.42 Å². The van der Waals surface area contributed by atoms with Crippen molar-refractivity contribution in [1.82, 2.24) is 14.4 Å². The molecule has 0 aliphatic carbocycles. The second-order valence-corrected chi connectivity index (χ2v) is 6.03. The predicted octanol–water partition coefficient (Wildman–Crippen LogP) is 2.29. The van der Waals surface area contributed by atoms with Gasteiger partial charge in [-0.3, -0.25) is 14.0 Å². The monoisotopic (exact) mass is 362 g/mol. The van der Waals surface area contributed by atoms with Crippen LogP contribution in [0.3, 0.4) is 0 Å². The molecule has 136 valence electrons. The van der Waals surface area contributed by atoms with Gasteiger partial charge in [0.1, 0.15) is 12.1 Å². The van der Waals surface area contributed by atoms with E-state index in [1.807, 2.05) is 6.07 Å². The number of nitriles is 1. The van der Waals surface area contributed by atoms with Crippen LogP contribution in [0, 0.1) is 11.3 Å². The van der Waals surface area contributed by atoms with E-state index in [0.29, 0.717) is 29.0 Å². The normalized spacial score (nSPS) is 10.5. The number of primary amides is 1. The molecular weight excluding hydrogens is 344 g/mol. The number of aryl methyl sites for hydroxylation is 1. The van der Waals surface area contributed by atoms with Crippen LogP contribution in [0.1, 0.15) is 51.9 Å². The molecule has 0 radical (unpaired) electrons. The van der Waals surface area contributed by atoms with Gasteiger partial charge in [0.25, 0.3) is 11.8 Å². The van der Waals surface area contributed by atoms with Crippen LogP contribution in [0.4, 0.5) is 5.82 Å². The first kappa shape index (κ1) is 18.1. The van der Waals surface area contributed by atoms with E-state index < -0.39 is 5.91 Å². The molecule has 3 aromatic rings. The zero-order valence-corrected chi connectivity index (χ0v) is 14.8. The van der Waals surface area contributed by atoms with E-state index >= 15 is 0 Å². The number of hydrogen-bond donors (Lipinski definition) is 2. The second kappa shape index (κ2) is 7.66. The van der Waals surface area contributed by atoms with Crippen LogP contribution in [0.5, 0.6) is 0 Å². The van der Waals surface area contributed by atoms with E-state index in [1.54, 1.807) is 30.3 Å². The number of rotatable bonds is 6. The number of anilines is 1. The zero-order chi connectivity index (χ0) is 19.4. The quantitative estimate of drug-likeness (QED) is 0.696. The molecule has 0 saturated carbocycles. The molecule has 8 nitrogen and oxygen atoms in total. The van der Waals surface area contributed by atoms with Crippen LogP contribution in [0.25, 0.3) is 5.65 Å². The van der Waals surface area contributed by atoms with Crippen molar-refractivity contribution >= 4 is 23.3 Å². The number of nitrogens with two attached hydrogens (primary N) is 1. The summed E-state index contributed by atoms with van der Waals surface area (Å²) in [6.07, 6.45) is 4.02. The molecule has 0 aliphatic heterocycles. The first-order valence-electron chi connectivity index (χ1n) is 8.51. The number of carbonyl (C=O) groups excluding carboxylic acids is 2. The summed E-state index contributed by atoms with van der Waals surface area (Å²) in [5, 5.41) is 11.7. The number of carbonyl (C=O) groups is 2. The summed E-state index contributed by atoms with van der Waals surface area (Å²) >= 11 is 0. The average molecular weight is 362 g/mol. The van der Waals surface area contributed by atoms with Gasteiger partial charge in [0.2, 0.25) is 0 Å². The van der Waals surface area contributed by atoms with E-state index in [4.69, 9.17) is 11.0 Å². The summed E-state index contributed by atoms with van der Waals surface area (Å²) in [5.74, 6) is -0.578. The first-order chi connectivity index (χ1) is 13.0. The number of aromatic nitrogens is 3. The number of nitrogens with one attached hydrogen (secondary N) is 1. The van der Waals surface area contributed by atoms with E-state index in [1.165, 1.54) is 10.7 Å². The van der Waals surface area contributed by atoms with Crippen molar-refractivity contribution in [2.45, 2.75) is 26.2 Å². The fraction of sp³-hybridized carbons (Fsp3) is 0.211. The van der Waals surface area contributed by atoms with Gasteiger partial charge in [-0.05, 0) is 37.1 Å². The fourth-order valence-corrected chi connectivity index (χ4v) is 2.66. The molecule has 8 heteroatoms. The van der Waals surface area contributed by atoms with E-state index in [0.717, 1.165) is 18.5 Å². The van der Waals surface area contributed by atoms with Gasteiger partial charge in [-0.2, -0.15) is 5.26 Å². The Morgan fingerprint density at radius 2 is 2.04 bits per heavy atom. The SMILES string of the molecule is CCCCc1cc(NC(=O)c2ccc(C#N)cc2)n2cnc(C(N)=O)c2n1. The van der Waals surface area contributed by atoms with Crippen molar-refractivity contribution in [1.29, 1.82) is 5.26 Å². The van der Waals surface area contributed by atoms with Crippen LogP contribution >= 0.6 is 0 Å². The topological polar surface area (TPSA) is 126 Å². The second-order valence-electron chi connectivity index (χ2n) is 6.03. The highest BCUT2D eigenvalue weighted by Crippen LogP contribution is 2.18. The lowest BCUT2D eigenvalue weighted by molar-refractivity contribution is 0.0995. The number of benzene rings is 1. The minimum atomic E-state index is -0.679. The van der Waals surface area contributed by atoms with Crippen molar-refractivity contribution in [2.75, 3.05) is 5.32 Å². The van der Waals surface area contributed by atoms with Gasteiger partial charge in [0.05, 0.1) is 11.6 Å². The maximum absolute atomic E-state index is 12.6. The Labute approximate surface area is 155 Å². The van der Waals surface area contributed by atoms with Gasteiger partial charge in [0, 0.05) is 17.3 Å². The minimum Gasteiger partial charge on any atom is -0.364 e. The molecule has 0 atom stereocenters. The van der Waals surface area contributed by atoms with Crippen molar-refractivity contribution in [3.8, 4) is 6.07 Å². The maximum Gasteiger partial charge on any atom is 0.271 e. The molecule has 0 unspecified atom stereocenters. The smallest absolute Gasteiger partial charge is 0.271 e. The number of imidazole rings is 1. The third-order valence-corrected chi connectivity index (χ3v) is 4.09. The van der Waals surface area contributed by atoms with Crippen molar-refractivity contribution < 1.29 is 9.59 Å². The standard InChI is InChI=1S/C19H18N6O2/c1-2-3-4-14-9-15(25-11-22-16(17(21)26)18(25)23-14)24-19(27)13-7-5-12(10-20)6-8-13/h5-9,11H,2-4H2,1H3,(H2,21,26)(H,24,27). The van der Waals surface area contributed by atoms with Gasteiger partial charge in [0.15, 0.2) is 11.3 Å². The highest BCUT2D eigenvalue weighted by molar-refractivity contribution is 6.04. The number of amides is 2. The molecule has 0 saturated heterocycles. The molecule has 2 amide bonds. The lowest BCUT2D eigenvalue weighted by atomic mass is 10.1.